The molecule has 0 radical (unpaired) electrons. The van der Waals surface area contributed by atoms with Crippen molar-refractivity contribution >= 4 is 28.3 Å². The van der Waals surface area contributed by atoms with Gasteiger partial charge >= 0.3 is 0 Å². The molecule has 3 aromatic heterocycles. The molecule has 1 fully saturated rings. The highest BCUT2D eigenvalue weighted by molar-refractivity contribution is 6.30. The van der Waals surface area contributed by atoms with Crippen LogP contribution in [0.2, 0.25) is 5.02 Å². The highest BCUT2D eigenvalue weighted by atomic mass is 35.5. The predicted molar refractivity (Wildman–Crippen MR) is 114 cm³/mol. The number of rotatable bonds is 2. The van der Waals surface area contributed by atoms with Crippen LogP contribution in [0.1, 0.15) is 39.2 Å². The fraction of sp³-hybridized carbons (Fsp3) is 0.364. The molecule has 0 unspecified atom stereocenters. The van der Waals surface area contributed by atoms with Crippen LogP contribution in [0.5, 0.6) is 0 Å². The van der Waals surface area contributed by atoms with Crippen molar-refractivity contribution in [2.75, 3.05) is 0 Å². The zero-order chi connectivity index (χ0) is 20.1. The van der Waals surface area contributed by atoms with Crippen LogP contribution < -0.4 is 5.56 Å². The van der Waals surface area contributed by atoms with E-state index in [1.165, 1.54) is 6.42 Å². The lowest BCUT2D eigenvalue weighted by Gasteiger charge is -2.35. The largest absolute Gasteiger partial charge is 0.310 e. The molecular weight excluding hydrogens is 386 g/mol. The number of halogens is 1. The standard InChI is InChI=1S/C22H22ClN5O/c1-13-4-3-5-18(14(13)2)27-11-10-19-20(22(27)29)25-26-21-17(12-24-28(19)21)15-6-8-16(23)9-7-15/h6-14,18H,3-5H2,1-2H3/t13-,14+,18+/m1/s1. The molecule has 1 aromatic carbocycles. The third kappa shape index (κ3) is 2.94. The van der Waals surface area contributed by atoms with E-state index in [1.807, 2.05) is 41.1 Å². The van der Waals surface area contributed by atoms with E-state index in [9.17, 15) is 4.79 Å². The normalized spacial score (nSPS) is 22.4. The van der Waals surface area contributed by atoms with Crippen LogP contribution >= 0.6 is 11.6 Å². The maximum atomic E-state index is 13.2. The SMILES string of the molecule is C[C@H]1[C@H](C)CCC[C@@H]1n1ccc2c(nnc3c(-c4ccc(Cl)cc4)cnn32)c1=O. The average molecular weight is 408 g/mol. The topological polar surface area (TPSA) is 65.1 Å². The van der Waals surface area contributed by atoms with E-state index in [4.69, 9.17) is 11.6 Å². The molecule has 29 heavy (non-hydrogen) atoms. The van der Waals surface area contributed by atoms with Gasteiger partial charge in [0.05, 0.1) is 6.20 Å². The molecule has 0 amide bonds. The first kappa shape index (κ1) is 18.3. The molecule has 148 valence electrons. The van der Waals surface area contributed by atoms with Crippen molar-refractivity contribution in [3.63, 3.8) is 0 Å². The second kappa shape index (κ2) is 6.95. The first-order valence-corrected chi connectivity index (χ1v) is 10.4. The summed E-state index contributed by atoms with van der Waals surface area (Å²) in [6, 6.07) is 9.65. The van der Waals surface area contributed by atoms with Crippen molar-refractivity contribution in [1.29, 1.82) is 0 Å². The summed E-state index contributed by atoms with van der Waals surface area (Å²) in [4.78, 5) is 13.2. The van der Waals surface area contributed by atoms with Gasteiger partial charge in [0.15, 0.2) is 11.2 Å². The van der Waals surface area contributed by atoms with Crippen molar-refractivity contribution in [1.82, 2.24) is 24.4 Å². The zero-order valence-corrected chi connectivity index (χ0v) is 17.2. The molecule has 3 atom stereocenters. The van der Waals surface area contributed by atoms with Gasteiger partial charge in [-0.05, 0) is 42.0 Å². The maximum Gasteiger partial charge on any atom is 0.280 e. The minimum atomic E-state index is -0.0913. The third-order valence-electron chi connectivity index (χ3n) is 6.47. The van der Waals surface area contributed by atoms with E-state index in [0.717, 1.165) is 24.0 Å². The highest BCUT2D eigenvalue weighted by Gasteiger charge is 2.29. The molecule has 5 rings (SSSR count). The summed E-state index contributed by atoms with van der Waals surface area (Å²) in [5.41, 5.74) is 3.37. The van der Waals surface area contributed by atoms with Gasteiger partial charge in [0, 0.05) is 22.8 Å². The first-order valence-electron chi connectivity index (χ1n) is 10.1. The van der Waals surface area contributed by atoms with Crippen molar-refractivity contribution < 1.29 is 0 Å². The number of hydrogen-bond acceptors (Lipinski definition) is 4. The minimum absolute atomic E-state index is 0.0913. The molecule has 1 saturated carbocycles. The van der Waals surface area contributed by atoms with Crippen LogP contribution in [-0.2, 0) is 0 Å². The van der Waals surface area contributed by atoms with E-state index in [1.54, 1.807) is 10.7 Å². The lowest BCUT2D eigenvalue weighted by Crippen LogP contribution is -2.34. The summed E-state index contributed by atoms with van der Waals surface area (Å²) < 4.78 is 3.55. The third-order valence-corrected chi connectivity index (χ3v) is 6.72. The quantitative estimate of drug-likeness (QED) is 0.480. The van der Waals surface area contributed by atoms with Crippen LogP contribution in [0.15, 0.2) is 47.5 Å². The van der Waals surface area contributed by atoms with Gasteiger partial charge in [0.2, 0.25) is 0 Å². The predicted octanol–water partition coefficient (Wildman–Crippen LogP) is 4.76. The summed E-state index contributed by atoms with van der Waals surface area (Å²) >= 11 is 6.00. The molecule has 4 aromatic rings. The Morgan fingerprint density at radius 2 is 1.86 bits per heavy atom. The molecule has 0 aliphatic heterocycles. The molecule has 0 bridgehead atoms. The fourth-order valence-electron chi connectivity index (χ4n) is 4.55. The summed E-state index contributed by atoms with van der Waals surface area (Å²) in [6.07, 6.45) is 7.04. The molecule has 0 N–H and O–H groups in total. The molecule has 3 heterocycles. The number of nitrogens with zero attached hydrogens (tertiary/aromatic N) is 5. The van der Waals surface area contributed by atoms with E-state index in [2.05, 4.69) is 29.1 Å². The Labute approximate surface area is 173 Å². The number of aromatic nitrogens is 5. The van der Waals surface area contributed by atoms with Crippen LogP contribution in [0.3, 0.4) is 0 Å². The van der Waals surface area contributed by atoms with Gasteiger partial charge in [0.25, 0.3) is 5.56 Å². The minimum Gasteiger partial charge on any atom is -0.310 e. The van der Waals surface area contributed by atoms with Gasteiger partial charge in [-0.25, -0.2) is 4.52 Å². The van der Waals surface area contributed by atoms with Crippen molar-refractivity contribution in [3.8, 4) is 11.1 Å². The Bertz CT molecular complexity index is 1260. The Kier molecular flexibility index (Phi) is 4.39. The molecular formula is C22H22ClN5O. The second-order valence-electron chi connectivity index (χ2n) is 8.10. The smallest absolute Gasteiger partial charge is 0.280 e. The maximum absolute atomic E-state index is 13.2. The lowest BCUT2D eigenvalue weighted by molar-refractivity contribution is 0.183. The Morgan fingerprint density at radius 1 is 1.07 bits per heavy atom. The van der Waals surface area contributed by atoms with E-state index >= 15 is 0 Å². The summed E-state index contributed by atoms with van der Waals surface area (Å²) in [5, 5.41) is 13.8. The lowest BCUT2D eigenvalue weighted by atomic mass is 9.78. The fourth-order valence-corrected chi connectivity index (χ4v) is 4.67. The van der Waals surface area contributed by atoms with Gasteiger partial charge < -0.3 is 4.57 Å². The molecule has 0 spiro atoms. The van der Waals surface area contributed by atoms with E-state index < -0.39 is 0 Å². The summed E-state index contributed by atoms with van der Waals surface area (Å²) in [6.45, 7) is 4.51. The highest BCUT2D eigenvalue weighted by Crippen LogP contribution is 2.37. The molecule has 6 nitrogen and oxygen atoms in total. The molecule has 0 saturated heterocycles. The van der Waals surface area contributed by atoms with Crippen molar-refractivity contribution in [2.24, 2.45) is 11.8 Å². The Balaban J connectivity index is 1.65. The van der Waals surface area contributed by atoms with Gasteiger partial charge in [-0.3, -0.25) is 4.79 Å². The number of benzene rings is 1. The van der Waals surface area contributed by atoms with Crippen LogP contribution in [0.4, 0.5) is 0 Å². The zero-order valence-electron chi connectivity index (χ0n) is 16.4. The number of hydrogen-bond donors (Lipinski definition) is 0. The van der Waals surface area contributed by atoms with Gasteiger partial charge in [-0.15, -0.1) is 10.2 Å². The molecule has 7 heteroatoms. The monoisotopic (exact) mass is 407 g/mol. The summed E-state index contributed by atoms with van der Waals surface area (Å²) in [5.74, 6) is 1.06. The number of fused-ring (bicyclic) bond motifs is 3. The molecule has 1 aliphatic rings. The number of pyridine rings is 1. The van der Waals surface area contributed by atoms with E-state index in [0.29, 0.717) is 33.5 Å². The van der Waals surface area contributed by atoms with Crippen LogP contribution in [0, 0.1) is 11.8 Å². The Hall–Kier alpha value is -2.73. The second-order valence-corrected chi connectivity index (χ2v) is 8.53. The van der Waals surface area contributed by atoms with Crippen LogP contribution in [0.25, 0.3) is 27.8 Å². The summed E-state index contributed by atoms with van der Waals surface area (Å²) in [7, 11) is 0. The van der Waals surface area contributed by atoms with Gasteiger partial charge in [0.1, 0.15) is 5.52 Å². The van der Waals surface area contributed by atoms with Crippen molar-refractivity contribution in [2.45, 2.75) is 39.2 Å². The van der Waals surface area contributed by atoms with Gasteiger partial charge in [-0.2, -0.15) is 5.10 Å². The van der Waals surface area contributed by atoms with Crippen LogP contribution in [-0.4, -0.2) is 24.4 Å². The Morgan fingerprint density at radius 3 is 2.66 bits per heavy atom. The first-order chi connectivity index (χ1) is 14.0. The van der Waals surface area contributed by atoms with Crippen molar-refractivity contribution in [3.05, 3.63) is 58.1 Å². The average Bonchev–Trinajstić information content (AvgIpc) is 3.16. The van der Waals surface area contributed by atoms with Gasteiger partial charge in [-0.1, -0.05) is 50.4 Å². The molecule has 1 aliphatic carbocycles. The van der Waals surface area contributed by atoms with E-state index in [-0.39, 0.29) is 11.6 Å².